The Bertz CT molecular complexity index is 523. The molecule has 0 heterocycles. The zero-order valence-corrected chi connectivity index (χ0v) is 17.2. The number of ether oxygens (including phenoxy) is 1. The van der Waals surface area contributed by atoms with Crippen LogP contribution in [0.15, 0.2) is 29.3 Å². The Morgan fingerprint density at radius 2 is 1.92 bits per heavy atom. The number of aryl methyl sites for hydroxylation is 1. The SMILES string of the molecule is CCNC(=O)CN=C(NCC)NCC(C)Oc1cccc(C)c1.I. The molecule has 6 nitrogen and oxygen atoms in total. The number of halogens is 1. The number of likely N-dealkylation sites (N-methyl/N-ethyl adjacent to an activating group) is 1. The van der Waals surface area contributed by atoms with Crippen molar-refractivity contribution in [2.24, 2.45) is 4.99 Å². The first kappa shape index (κ1) is 22.5. The van der Waals surface area contributed by atoms with E-state index in [9.17, 15) is 4.79 Å². The van der Waals surface area contributed by atoms with Gasteiger partial charge in [-0.25, -0.2) is 4.99 Å². The number of guanidine groups is 1. The summed E-state index contributed by atoms with van der Waals surface area (Å²) in [6.07, 6.45) is -0.0230. The number of nitrogens with zero attached hydrogens (tertiary/aromatic N) is 1. The van der Waals surface area contributed by atoms with Gasteiger partial charge in [-0.05, 0) is 45.4 Å². The minimum atomic E-state index is -0.0891. The summed E-state index contributed by atoms with van der Waals surface area (Å²) in [5.41, 5.74) is 1.17. The minimum Gasteiger partial charge on any atom is -0.489 e. The number of carbonyl (C=O) groups is 1. The minimum absolute atomic E-state index is 0. The molecule has 1 rings (SSSR count). The molecule has 0 aliphatic carbocycles. The van der Waals surface area contributed by atoms with Crippen molar-refractivity contribution in [2.75, 3.05) is 26.2 Å². The van der Waals surface area contributed by atoms with Gasteiger partial charge in [-0.15, -0.1) is 24.0 Å². The first-order valence-electron chi connectivity index (χ1n) is 8.07. The number of benzene rings is 1. The highest BCUT2D eigenvalue weighted by Gasteiger charge is 2.06. The van der Waals surface area contributed by atoms with Crippen molar-refractivity contribution in [1.82, 2.24) is 16.0 Å². The number of aliphatic imine (C=N–C) groups is 1. The zero-order valence-electron chi connectivity index (χ0n) is 14.9. The van der Waals surface area contributed by atoms with E-state index in [2.05, 4.69) is 20.9 Å². The van der Waals surface area contributed by atoms with Crippen molar-refractivity contribution in [3.8, 4) is 5.75 Å². The van der Waals surface area contributed by atoms with Crippen molar-refractivity contribution in [1.29, 1.82) is 0 Å². The molecule has 0 fully saturated rings. The molecule has 3 N–H and O–H groups in total. The molecule has 1 unspecified atom stereocenters. The predicted molar refractivity (Wildman–Crippen MR) is 109 cm³/mol. The van der Waals surface area contributed by atoms with Crippen molar-refractivity contribution in [3.05, 3.63) is 29.8 Å². The summed E-state index contributed by atoms with van der Waals surface area (Å²) in [4.78, 5) is 15.7. The lowest BCUT2D eigenvalue weighted by Crippen LogP contribution is -2.42. The van der Waals surface area contributed by atoms with Crippen molar-refractivity contribution < 1.29 is 9.53 Å². The third-order valence-corrected chi connectivity index (χ3v) is 2.98. The summed E-state index contributed by atoms with van der Waals surface area (Å²) < 4.78 is 5.86. The Labute approximate surface area is 161 Å². The van der Waals surface area contributed by atoms with Crippen molar-refractivity contribution in [3.63, 3.8) is 0 Å². The summed E-state index contributed by atoms with van der Waals surface area (Å²) in [5.74, 6) is 1.37. The van der Waals surface area contributed by atoms with Gasteiger partial charge < -0.3 is 20.7 Å². The second-order valence-corrected chi connectivity index (χ2v) is 5.27. The molecule has 0 radical (unpaired) electrons. The maximum atomic E-state index is 11.5. The fraction of sp³-hybridized carbons (Fsp3) is 0.529. The molecule has 7 heteroatoms. The normalized spacial score (nSPS) is 11.9. The van der Waals surface area contributed by atoms with E-state index >= 15 is 0 Å². The van der Waals surface area contributed by atoms with Crippen LogP contribution in [-0.2, 0) is 4.79 Å². The summed E-state index contributed by atoms with van der Waals surface area (Å²) in [7, 11) is 0. The Kier molecular flexibility index (Phi) is 12.0. The van der Waals surface area contributed by atoms with E-state index in [1.54, 1.807) is 0 Å². The highest BCUT2D eigenvalue weighted by atomic mass is 127. The van der Waals surface area contributed by atoms with Crippen LogP contribution >= 0.6 is 24.0 Å². The lowest BCUT2D eigenvalue weighted by molar-refractivity contribution is -0.119. The molecule has 0 aliphatic heterocycles. The van der Waals surface area contributed by atoms with E-state index in [1.165, 1.54) is 5.56 Å². The Balaban J connectivity index is 0.00000529. The van der Waals surface area contributed by atoms with Crippen LogP contribution in [0.4, 0.5) is 0 Å². The molecule has 24 heavy (non-hydrogen) atoms. The molecule has 0 bridgehead atoms. The van der Waals surface area contributed by atoms with Crippen LogP contribution in [-0.4, -0.2) is 44.1 Å². The second kappa shape index (κ2) is 12.9. The molecule has 0 saturated carbocycles. The first-order valence-corrected chi connectivity index (χ1v) is 8.07. The van der Waals surface area contributed by atoms with Crippen LogP contribution in [0.1, 0.15) is 26.3 Å². The van der Waals surface area contributed by atoms with Gasteiger partial charge in [0.15, 0.2) is 5.96 Å². The molecule has 1 aromatic carbocycles. The maximum Gasteiger partial charge on any atom is 0.241 e. The van der Waals surface area contributed by atoms with Gasteiger partial charge in [0.05, 0.1) is 6.54 Å². The Hall–Kier alpha value is -1.51. The first-order chi connectivity index (χ1) is 11.0. The third-order valence-electron chi connectivity index (χ3n) is 2.98. The van der Waals surface area contributed by atoms with Crippen molar-refractivity contribution >= 4 is 35.8 Å². The summed E-state index contributed by atoms with van der Waals surface area (Å²) >= 11 is 0. The Morgan fingerprint density at radius 3 is 2.54 bits per heavy atom. The van der Waals surface area contributed by atoms with Gasteiger partial charge in [-0.1, -0.05) is 12.1 Å². The van der Waals surface area contributed by atoms with Gasteiger partial charge in [-0.3, -0.25) is 4.79 Å². The molecular weight excluding hydrogens is 419 g/mol. The molecule has 136 valence electrons. The number of amides is 1. The Morgan fingerprint density at radius 1 is 1.21 bits per heavy atom. The van der Waals surface area contributed by atoms with Crippen LogP contribution in [0, 0.1) is 6.92 Å². The number of hydrogen-bond donors (Lipinski definition) is 3. The summed E-state index contributed by atoms with van der Waals surface area (Å²) in [5, 5.41) is 9.02. The molecular formula is C17H29IN4O2. The van der Waals surface area contributed by atoms with E-state index in [0.717, 1.165) is 12.3 Å². The van der Waals surface area contributed by atoms with Gasteiger partial charge in [0.2, 0.25) is 5.91 Å². The van der Waals surface area contributed by atoms with E-state index in [-0.39, 0.29) is 42.5 Å². The van der Waals surface area contributed by atoms with Crippen LogP contribution in [0.3, 0.4) is 0 Å². The lowest BCUT2D eigenvalue weighted by atomic mass is 10.2. The molecule has 1 amide bonds. The fourth-order valence-corrected chi connectivity index (χ4v) is 1.95. The van der Waals surface area contributed by atoms with Gasteiger partial charge in [0, 0.05) is 13.1 Å². The van der Waals surface area contributed by atoms with E-state index in [1.807, 2.05) is 52.0 Å². The molecule has 0 aromatic heterocycles. The standard InChI is InChI=1S/C17H28N4O2.HI/c1-5-18-16(22)12-21-17(19-6-2)20-11-14(4)23-15-9-7-8-13(3)10-15;/h7-10,14H,5-6,11-12H2,1-4H3,(H,18,22)(H2,19,20,21);1H. The molecule has 1 atom stereocenters. The molecule has 0 aliphatic rings. The number of hydrogen-bond acceptors (Lipinski definition) is 3. The average molecular weight is 448 g/mol. The van der Waals surface area contributed by atoms with Gasteiger partial charge >= 0.3 is 0 Å². The van der Waals surface area contributed by atoms with Crippen LogP contribution in [0.5, 0.6) is 5.75 Å². The van der Waals surface area contributed by atoms with E-state index < -0.39 is 0 Å². The van der Waals surface area contributed by atoms with Gasteiger partial charge in [0.1, 0.15) is 18.4 Å². The highest BCUT2D eigenvalue weighted by molar-refractivity contribution is 14.0. The van der Waals surface area contributed by atoms with E-state index in [4.69, 9.17) is 4.74 Å². The van der Waals surface area contributed by atoms with Gasteiger partial charge in [0.25, 0.3) is 0 Å². The predicted octanol–water partition coefficient (Wildman–Crippen LogP) is 2.07. The number of carbonyl (C=O) groups excluding carboxylic acids is 1. The molecule has 0 spiro atoms. The topological polar surface area (TPSA) is 74.8 Å². The number of rotatable bonds is 8. The molecule has 0 saturated heterocycles. The zero-order chi connectivity index (χ0) is 17.1. The second-order valence-electron chi connectivity index (χ2n) is 5.27. The van der Waals surface area contributed by atoms with Crippen LogP contribution in [0.2, 0.25) is 0 Å². The molecule has 1 aromatic rings. The van der Waals surface area contributed by atoms with Crippen LogP contribution < -0.4 is 20.7 Å². The van der Waals surface area contributed by atoms with Crippen molar-refractivity contribution in [2.45, 2.75) is 33.8 Å². The fourth-order valence-electron chi connectivity index (χ4n) is 1.95. The smallest absolute Gasteiger partial charge is 0.241 e. The summed E-state index contributed by atoms with van der Waals surface area (Å²) in [6, 6.07) is 7.96. The monoisotopic (exact) mass is 448 g/mol. The van der Waals surface area contributed by atoms with E-state index in [0.29, 0.717) is 19.0 Å². The summed E-state index contributed by atoms with van der Waals surface area (Å²) in [6.45, 7) is 9.93. The average Bonchev–Trinajstić information content (AvgIpc) is 2.50. The quantitative estimate of drug-likeness (QED) is 0.324. The van der Waals surface area contributed by atoms with Crippen LogP contribution in [0.25, 0.3) is 0 Å². The number of nitrogens with one attached hydrogen (secondary N) is 3. The highest BCUT2D eigenvalue weighted by Crippen LogP contribution is 2.13. The maximum absolute atomic E-state index is 11.5. The third kappa shape index (κ3) is 9.59. The van der Waals surface area contributed by atoms with Gasteiger partial charge in [-0.2, -0.15) is 0 Å². The lowest BCUT2D eigenvalue weighted by Gasteiger charge is -2.18. The largest absolute Gasteiger partial charge is 0.489 e.